The standard InChI is InChI=1S/C25H24FN7O/c1-3-15-7-23(34)19(26)8-18(15)16-4-5-17-20(6-16)30-31-24(17)25-28-21-12-33(13-22(21)29-25)11-14-9-27-32(2)10-14/h4-10,34H,3,11-13H2,1-2H3,(H,28,29)(H,30,31). The van der Waals surface area contributed by atoms with Crippen LogP contribution in [0.4, 0.5) is 4.39 Å². The molecule has 0 bridgehead atoms. The highest BCUT2D eigenvalue weighted by molar-refractivity contribution is 5.94. The molecule has 2 aromatic carbocycles. The zero-order valence-corrected chi connectivity index (χ0v) is 18.9. The number of H-pyrrole nitrogens is 2. The molecule has 0 aliphatic carbocycles. The molecule has 1 aliphatic rings. The van der Waals surface area contributed by atoms with Gasteiger partial charge in [-0.15, -0.1) is 0 Å². The Kier molecular flexibility index (Phi) is 4.73. The molecule has 5 aromatic rings. The van der Waals surface area contributed by atoms with E-state index in [1.54, 1.807) is 0 Å². The van der Waals surface area contributed by atoms with Gasteiger partial charge in [-0.1, -0.05) is 13.0 Å². The van der Waals surface area contributed by atoms with Crippen LogP contribution in [0.1, 0.15) is 29.4 Å². The minimum Gasteiger partial charge on any atom is -0.505 e. The molecule has 0 radical (unpaired) electrons. The summed E-state index contributed by atoms with van der Waals surface area (Å²) in [6.07, 6.45) is 4.61. The van der Waals surface area contributed by atoms with Gasteiger partial charge in [-0.05, 0) is 47.4 Å². The van der Waals surface area contributed by atoms with E-state index in [1.807, 2.05) is 49.2 Å². The average Bonchev–Trinajstić information content (AvgIpc) is 3.58. The number of rotatable bonds is 5. The number of aryl methyl sites for hydroxylation is 2. The van der Waals surface area contributed by atoms with Gasteiger partial charge in [0.15, 0.2) is 17.4 Å². The van der Waals surface area contributed by atoms with Crippen LogP contribution in [0.2, 0.25) is 0 Å². The first-order valence-corrected chi connectivity index (χ1v) is 11.3. The summed E-state index contributed by atoms with van der Waals surface area (Å²) in [6, 6.07) is 8.79. The summed E-state index contributed by atoms with van der Waals surface area (Å²) in [5.41, 5.74) is 7.46. The molecular weight excluding hydrogens is 433 g/mol. The zero-order chi connectivity index (χ0) is 23.4. The lowest BCUT2D eigenvalue weighted by atomic mass is 9.96. The van der Waals surface area contributed by atoms with Gasteiger partial charge in [-0.25, -0.2) is 9.37 Å². The lowest BCUT2D eigenvalue weighted by Gasteiger charge is -2.13. The van der Waals surface area contributed by atoms with Crippen molar-refractivity contribution in [2.75, 3.05) is 0 Å². The van der Waals surface area contributed by atoms with Crippen LogP contribution in [-0.4, -0.2) is 40.0 Å². The quantitative estimate of drug-likeness (QED) is 0.366. The third kappa shape index (κ3) is 3.45. The highest BCUT2D eigenvalue weighted by atomic mass is 19.1. The smallest absolute Gasteiger partial charge is 0.165 e. The van der Waals surface area contributed by atoms with Crippen molar-refractivity contribution in [2.45, 2.75) is 33.0 Å². The van der Waals surface area contributed by atoms with Crippen LogP contribution in [-0.2, 0) is 33.1 Å². The number of imidazole rings is 1. The van der Waals surface area contributed by atoms with E-state index in [4.69, 9.17) is 4.98 Å². The fourth-order valence-electron chi connectivity index (χ4n) is 4.77. The molecule has 3 aromatic heterocycles. The number of phenolic OH excluding ortho intramolecular Hbond substituents is 1. The van der Waals surface area contributed by atoms with E-state index in [0.29, 0.717) is 6.42 Å². The Morgan fingerprint density at radius 2 is 2.06 bits per heavy atom. The first kappa shape index (κ1) is 20.6. The van der Waals surface area contributed by atoms with Crippen molar-refractivity contribution in [1.82, 2.24) is 34.8 Å². The van der Waals surface area contributed by atoms with E-state index in [9.17, 15) is 9.50 Å². The summed E-state index contributed by atoms with van der Waals surface area (Å²) >= 11 is 0. The van der Waals surface area contributed by atoms with E-state index in [0.717, 1.165) is 70.1 Å². The third-order valence-corrected chi connectivity index (χ3v) is 6.44. The van der Waals surface area contributed by atoms with Crippen LogP contribution >= 0.6 is 0 Å². The highest BCUT2D eigenvalue weighted by Crippen LogP contribution is 2.34. The number of aromatic nitrogens is 6. The molecule has 4 heterocycles. The Hall–Kier alpha value is -3.98. The number of benzene rings is 2. The summed E-state index contributed by atoms with van der Waals surface area (Å²) in [4.78, 5) is 10.6. The molecule has 0 fully saturated rings. The van der Waals surface area contributed by atoms with E-state index in [1.165, 1.54) is 17.7 Å². The Bertz CT molecular complexity index is 1510. The molecule has 1 aliphatic heterocycles. The summed E-state index contributed by atoms with van der Waals surface area (Å²) in [5, 5.41) is 22.5. The number of nitrogens with zero attached hydrogens (tertiary/aromatic N) is 5. The number of hydrogen-bond acceptors (Lipinski definition) is 5. The van der Waals surface area contributed by atoms with Crippen molar-refractivity contribution in [2.24, 2.45) is 7.05 Å². The molecular formula is C25H24FN7O. The van der Waals surface area contributed by atoms with Crippen LogP contribution in [0.15, 0.2) is 42.7 Å². The largest absolute Gasteiger partial charge is 0.505 e. The normalized spacial score (nSPS) is 13.7. The maximum atomic E-state index is 14.1. The van der Waals surface area contributed by atoms with Crippen molar-refractivity contribution in [3.05, 3.63) is 71.1 Å². The molecule has 9 heteroatoms. The molecule has 0 saturated heterocycles. The predicted molar refractivity (Wildman–Crippen MR) is 126 cm³/mol. The molecule has 6 rings (SSSR count). The molecule has 3 N–H and O–H groups in total. The SMILES string of the molecule is CCc1cc(O)c(F)cc1-c1ccc2c(-c3nc4c([nH]3)CN(Cc3cnn(C)c3)C4)n[nH]c2c1. The molecule has 0 unspecified atom stereocenters. The van der Waals surface area contributed by atoms with Gasteiger partial charge in [0.25, 0.3) is 0 Å². The summed E-state index contributed by atoms with van der Waals surface area (Å²) in [7, 11) is 1.92. The van der Waals surface area contributed by atoms with Crippen molar-refractivity contribution >= 4 is 10.9 Å². The van der Waals surface area contributed by atoms with Crippen LogP contribution in [0.3, 0.4) is 0 Å². The Morgan fingerprint density at radius 3 is 2.82 bits per heavy atom. The number of nitrogens with one attached hydrogen (secondary N) is 2. The summed E-state index contributed by atoms with van der Waals surface area (Å²) < 4.78 is 15.9. The summed E-state index contributed by atoms with van der Waals surface area (Å²) in [5.74, 6) is -0.203. The minimum absolute atomic E-state index is 0.324. The van der Waals surface area contributed by atoms with Crippen molar-refractivity contribution in [1.29, 1.82) is 0 Å². The van der Waals surface area contributed by atoms with Crippen molar-refractivity contribution < 1.29 is 9.50 Å². The molecule has 0 atom stereocenters. The molecule has 8 nitrogen and oxygen atoms in total. The second kappa shape index (κ2) is 7.81. The fraction of sp³-hybridized carbons (Fsp3) is 0.240. The first-order valence-electron chi connectivity index (χ1n) is 11.3. The van der Waals surface area contributed by atoms with Gasteiger partial charge in [-0.2, -0.15) is 10.2 Å². The number of aromatic hydroxyl groups is 1. The lowest BCUT2D eigenvalue weighted by Crippen LogP contribution is -2.16. The van der Waals surface area contributed by atoms with Crippen LogP contribution < -0.4 is 0 Å². The number of halogens is 1. The van der Waals surface area contributed by atoms with E-state index in [-0.39, 0.29) is 5.75 Å². The number of phenols is 1. The molecule has 172 valence electrons. The first-order chi connectivity index (χ1) is 16.5. The van der Waals surface area contributed by atoms with Gasteiger partial charge in [0.1, 0.15) is 5.69 Å². The fourth-order valence-corrected chi connectivity index (χ4v) is 4.77. The maximum Gasteiger partial charge on any atom is 0.165 e. The molecule has 0 spiro atoms. The molecule has 0 saturated carbocycles. The monoisotopic (exact) mass is 457 g/mol. The van der Waals surface area contributed by atoms with Crippen LogP contribution in [0.25, 0.3) is 33.5 Å². The van der Waals surface area contributed by atoms with Gasteiger partial charge in [0.2, 0.25) is 0 Å². The van der Waals surface area contributed by atoms with Crippen molar-refractivity contribution in [3.63, 3.8) is 0 Å². The number of aromatic amines is 2. The number of fused-ring (bicyclic) bond motifs is 2. The van der Waals surface area contributed by atoms with Gasteiger partial charge >= 0.3 is 0 Å². The highest BCUT2D eigenvalue weighted by Gasteiger charge is 2.25. The molecule has 0 amide bonds. The predicted octanol–water partition coefficient (Wildman–Crippen LogP) is 4.28. The Balaban J connectivity index is 1.27. The van der Waals surface area contributed by atoms with E-state index < -0.39 is 5.82 Å². The lowest BCUT2D eigenvalue weighted by molar-refractivity contribution is 0.271. The van der Waals surface area contributed by atoms with Crippen LogP contribution in [0.5, 0.6) is 5.75 Å². The topological polar surface area (TPSA) is 98.7 Å². The van der Waals surface area contributed by atoms with Gasteiger partial charge in [-0.3, -0.25) is 14.7 Å². The zero-order valence-electron chi connectivity index (χ0n) is 18.9. The van der Waals surface area contributed by atoms with Gasteiger partial charge in [0.05, 0.1) is 23.1 Å². The van der Waals surface area contributed by atoms with Crippen LogP contribution in [0, 0.1) is 5.82 Å². The Morgan fingerprint density at radius 1 is 1.18 bits per heavy atom. The maximum absolute atomic E-state index is 14.1. The molecule has 34 heavy (non-hydrogen) atoms. The van der Waals surface area contributed by atoms with E-state index >= 15 is 0 Å². The van der Waals surface area contributed by atoms with Gasteiger partial charge in [0, 0.05) is 43.8 Å². The van der Waals surface area contributed by atoms with Gasteiger partial charge < -0.3 is 10.1 Å². The number of hydrogen-bond donors (Lipinski definition) is 3. The van der Waals surface area contributed by atoms with Crippen molar-refractivity contribution in [3.8, 4) is 28.4 Å². The Labute approximate surface area is 195 Å². The second-order valence-corrected chi connectivity index (χ2v) is 8.82. The average molecular weight is 458 g/mol. The second-order valence-electron chi connectivity index (χ2n) is 8.82. The minimum atomic E-state index is -0.625. The third-order valence-electron chi connectivity index (χ3n) is 6.44. The van der Waals surface area contributed by atoms with E-state index in [2.05, 4.69) is 25.2 Å². The summed E-state index contributed by atoms with van der Waals surface area (Å²) in [6.45, 7) is 4.39.